The summed E-state index contributed by atoms with van der Waals surface area (Å²) in [5, 5.41) is 4.63. The predicted molar refractivity (Wildman–Crippen MR) is 109 cm³/mol. The van der Waals surface area contributed by atoms with Crippen molar-refractivity contribution in [3.8, 4) is 16.9 Å². The topological polar surface area (TPSA) is 56.5 Å². The molecule has 4 rings (SSSR count). The number of hydrogen-bond donors (Lipinski definition) is 0. The van der Waals surface area contributed by atoms with Crippen LogP contribution in [-0.2, 0) is 6.42 Å². The van der Waals surface area contributed by atoms with Crippen LogP contribution >= 0.6 is 0 Å². The summed E-state index contributed by atoms with van der Waals surface area (Å²) in [5.41, 5.74) is 4.44. The highest BCUT2D eigenvalue weighted by molar-refractivity contribution is 5.97. The van der Waals surface area contributed by atoms with Crippen molar-refractivity contribution in [3.63, 3.8) is 0 Å². The largest absolute Gasteiger partial charge is 0.496 e. The van der Waals surface area contributed by atoms with Gasteiger partial charge >= 0.3 is 0 Å². The number of carbonyl (C=O) groups is 1. The van der Waals surface area contributed by atoms with Crippen molar-refractivity contribution in [2.45, 2.75) is 19.8 Å². The van der Waals surface area contributed by atoms with E-state index in [1.165, 1.54) is 0 Å². The standard InChI is InChI=1S/C23H21N3O2/c1-3-20(27)17-10-6-9-16(14-17)19-11-7-13-26-23(19)24-22(25-26)15-18-8-4-5-12-21(18)28-2/h4-14H,3,15H2,1-2H3. The van der Waals surface area contributed by atoms with Crippen molar-refractivity contribution in [2.75, 3.05) is 7.11 Å². The van der Waals surface area contributed by atoms with Crippen LogP contribution in [-0.4, -0.2) is 27.5 Å². The zero-order chi connectivity index (χ0) is 19.5. The molecular formula is C23H21N3O2. The number of carbonyl (C=O) groups excluding carboxylic acids is 1. The minimum Gasteiger partial charge on any atom is -0.496 e. The zero-order valence-corrected chi connectivity index (χ0v) is 15.9. The summed E-state index contributed by atoms with van der Waals surface area (Å²) in [4.78, 5) is 16.8. The SMILES string of the molecule is CCC(=O)c1cccc(-c2cccn3nc(Cc4ccccc4OC)nc23)c1. The van der Waals surface area contributed by atoms with Gasteiger partial charge in [0.25, 0.3) is 0 Å². The van der Waals surface area contributed by atoms with Crippen LogP contribution < -0.4 is 4.74 Å². The maximum absolute atomic E-state index is 12.1. The van der Waals surface area contributed by atoms with Gasteiger partial charge in [0.1, 0.15) is 5.75 Å². The van der Waals surface area contributed by atoms with E-state index in [0.29, 0.717) is 12.8 Å². The molecule has 4 aromatic rings. The Morgan fingerprint density at radius 1 is 1.07 bits per heavy atom. The summed E-state index contributed by atoms with van der Waals surface area (Å²) in [6.07, 6.45) is 2.96. The smallest absolute Gasteiger partial charge is 0.163 e. The quantitative estimate of drug-likeness (QED) is 0.465. The Morgan fingerprint density at radius 3 is 2.75 bits per heavy atom. The van der Waals surface area contributed by atoms with E-state index in [0.717, 1.165) is 39.5 Å². The van der Waals surface area contributed by atoms with Gasteiger partial charge in [0, 0.05) is 35.7 Å². The third-order valence-corrected chi connectivity index (χ3v) is 4.76. The average Bonchev–Trinajstić information content (AvgIpc) is 3.16. The van der Waals surface area contributed by atoms with Crippen molar-refractivity contribution < 1.29 is 9.53 Å². The number of fused-ring (bicyclic) bond motifs is 1. The van der Waals surface area contributed by atoms with Crippen molar-refractivity contribution in [2.24, 2.45) is 0 Å². The predicted octanol–water partition coefficient (Wildman–Crippen LogP) is 4.59. The van der Waals surface area contributed by atoms with Crippen LogP contribution in [0.1, 0.15) is 35.1 Å². The molecule has 0 saturated carbocycles. The van der Waals surface area contributed by atoms with Gasteiger partial charge in [-0.25, -0.2) is 9.50 Å². The summed E-state index contributed by atoms with van der Waals surface area (Å²) in [5.74, 6) is 1.68. The highest BCUT2D eigenvalue weighted by Gasteiger charge is 2.13. The fourth-order valence-electron chi connectivity index (χ4n) is 3.33. The number of ether oxygens (including phenoxy) is 1. The molecule has 2 aromatic heterocycles. The molecule has 0 aliphatic carbocycles. The lowest BCUT2D eigenvalue weighted by Crippen LogP contribution is -1.97. The molecule has 0 N–H and O–H groups in total. The minimum absolute atomic E-state index is 0.132. The summed E-state index contributed by atoms with van der Waals surface area (Å²) >= 11 is 0. The van der Waals surface area contributed by atoms with Gasteiger partial charge in [0.15, 0.2) is 17.3 Å². The van der Waals surface area contributed by atoms with Gasteiger partial charge in [0.05, 0.1) is 7.11 Å². The van der Waals surface area contributed by atoms with Crippen molar-refractivity contribution in [1.82, 2.24) is 14.6 Å². The van der Waals surface area contributed by atoms with E-state index < -0.39 is 0 Å². The van der Waals surface area contributed by atoms with E-state index in [1.54, 1.807) is 11.6 Å². The molecule has 0 bridgehead atoms. The Morgan fingerprint density at radius 2 is 1.93 bits per heavy atom. The first-order chi connectivity index (χ1) is 13.7. The maximum atomic E-state index is 12.1. The molecule has 2 heterocycles. The summed E-state index contributed by atoms with van der Waals surface area (Å²) < 4.78 is 7.22. The molecule has 0 aliphatic heterocycles. The maximum Gasteiger partial charge on any atom is 0.163 e. The highest BCUT2D eigenvalue weighted by atomic mass is 16.5. The van der Waals surface area contributed by atoms with E-state index in [2.05, 4.69) is 5.10 Å². The number of nitrogens with zero attached hydrogens (tertiary/aromatic N) is 3. The molecule has 0 amide bonds. The van der Waals surface area contributed by atoms with Gasteiger partial charge in [-0.3, -0.25) is 4.79 Å². The summed E-state index contributed by atoms with van der Waals surface area (Å²) in [6.45, 7) is 1.87. The molecule has 0 atom stereocenters. The lowest BCUT2D eigenvalue weighted by molar-refractivity contribution is 0.0988. The molecular weight excluding hydrogens is 350 g/mol. The second-order valence-corrected chi connectivity index (χ2v) is 6.56. The van der Waals surface area contributed by atoms with Crippen LogP contribution in [0.25, 0.3) is 16.8 Å². The first-order valence-corrected chi connectivity index (χ1v) is 9.29. The number of pyridine rings is 1. The molecule has 0 fully saturated rings. The summed E-state index contributed by atoms with van der Waals surface area (Å²) in [7, 11) is 1.67. The number of Topliss-reactive ketones (excluding diaryl/α,β-unsaturated/α-hetero) is 1. The number of para-hydroxylation sites is 1. The Bertz CT molecular complexity index is 1150. The van der Waals surface area contributed by atoms with E-state index in [1.807, 2.05) is 73.8 Å². The molecule has 0 unspecified atom stereocenters. The van der Waals surface area contributed by atoms with Gasteiger partial charge in [-0.2, -0.15) is 5.10 Å². The Labute approximate surface area is 163 Å². The van der Waals surface area contributed by atoms with Gasteiger partial charge in [-0.1, -0.05) is 43.3 Å². The first kappa shape index (κ1) is 17.9. The van der Waals surface area contributed by atoms with Crippen LogP contribution in [0.2, 0.25) is 0 Å². The molecule has 28 heavy (non-hydrogen) atoms. The molecule has 0 aliphatic rings. The van der Waals surface area contributed by atoms with E-state index in [4.69, 9.17) is 9.72 Å². The number of hydrogen-bond acceptors (Lipinski definition) is 4. The van der Waals surface area contributed by atoms with E-state index in [-0.39, 0.29) is 5.78 Å². The molecule has 0 saturated heterocycles. The van der Waals surface area contributed by atoms with Crippen molar-refractivity contribution >= 4 is 11.4 Å². The fourth-order valence-corrected chi connectivity index (χ4v) is 3.33. The second-order valence-electron chi connectivity index (χ2n) is 6.56. The monoisotopic (exact) mass is 371 g/mol. The van der Waals surface area contributed by atoms with Crippen molar-refractivity contribution in [1.29, 1.82) is 0 Å². The van der Waals surface area contributed by atoms with Gasteiger partial charge in [-0.15, -0.1) is 0 Å². The normalized spacial score (nSPS) is 10.9. The fraction of sp³-hybridized carbons (Fsp3) is 0.174. The van der Waals surface area contributed by atoms with Crippen LogP contribution in [0.3, 0.4) is 0 Å². The molecule has 0 radical (unpaired) electrons. The van der Waals surface area contributed by atoms with Crippen molar-refractivity contribution in [3.05, 3.63) is 83.8 Å². The molecule has 5 heteroatoms. The van der Waals surface area contributed by atoms with Gasteiger partial charge < -0.3 is 4.74 Å². The third-order valence-electron chi connectivity index (χ3n) is 4.76. The Kier molecular flexibility index (Phi) is 4.89. The van der Waals surface area contributed by atoms with Crippen LogP contribution in [0.15, 0.2) is 66.9 Å². The van der Waals surface area contributed by atoms with Crippen LogP contribution in [0.4, 0.5) is 0 Å². The first-order valence-electron chi connectivity index (χ1n) is 9.29. The third kappa shape index (κ3) is 3.39. The number of methoxy groups -OCH3 is 1. The molecule has 2 aromatic carbocycles. The lowest BCUT2D eigenvalue weighted by Gasteiger charge is -2.05. The average molecular weight is 371 g/mol. The van der Waals surface area contributed by atoms with E-state index >= 15 is 0 Å². The molecule has 0 spiro atoms. The minimum atomic E-state index is 0.132. The van der Waals surface area contributed by atoms with Crippen LogP contribution in [0.5, 0.6) is 5.75 Å². The van der Waals surface area contributed by atoms with E-state index in [9.17, 15) is 4.79 Å². The highest BCUT2D eigenvalue weighted by Crippen LogP contribution is 2.26. The Hall–Kier alpha value is -3.47. The molecule has 5 nitrogen and oxygen atoms in total. The lowest BCUT2D eigenvalue weighted by atomic mass is 10.0. The molecule has 140 valence electrons. The second kappa shape index (κ2) is 7.64. The van der Waals surface area contributed by atoms with Crippen LogP contribution in [0, 0.1) is 0 Å². The number of aromatic nitrogens is 3. The summed E-state index contributed by atoms with van der Waals surface area (Å²) in [6, 6.07) is 19.5. The Balaban J connectivity index is 1.75. The van der Waals surface area contributed by atoms with Gasteiger partial charge in [0.2, 0.25) is 0 Å². The van der Waals surface area contributed by atoms with Gasteiger partial charge in [-0.05, 0) is 29.8 Å². The number of ketones is 1. The zero-order valence-electron chi connectivity index (χ0n) is 15.9. The number of rotatable bonds is 6. The number of benzene rings is 2.